The molecule has 0 fully saturated rings. The number of rotatable bonds is 5. The van der Waals surface area contributed by atoms with Gasteiger partial charge in [0, 0.05) is 12.8 Å². The summed E-state index contributed by atoms with van der Waals surface area (Å²) < 4.78 is 7.94. The monoisotopic (exact) mass is 282 g/mol. The minimum Gasteiger partial charge on any atom is -0.462 e. The molecule has 0 bridgehead atoms. The molecule has 2 N–H and O–H groups in total. The second-order valence-corrected chi connectivity index (χ2v) is 4.60. The van der Waals surface area contributed by atoms with Crippen LogP contribution in [0.4, 0.5) is 0 Å². The molecule has 0 aliphatic rings. The number of hydrogen-bond donors (Lipinski definition) is 1. The molecule has 0 aromatic carbocycles. The highest BCUT2D eigenvalue weighted by atomic mass is 32.2. The number of esters is 1. The first kappa shape index (κ1) is 13.4. The van der Waals surface area contributed by atoms with Crippen LogP contribution in [0.15, 0.2) is 17.7 Å². The van der Waals surface area contributed by atoms with Gasteiger partial charge in [-0.3, -0.25) is 4.68 Å². The molecule has 0 aliphatic heterocycles. The molecule has 0 atom stereocenters. The molecule has 0 unspecified atom stereocenters. The highest BCUT2D eigenvalue weighted by Crippen LogP contribution is 2.21. The molecule has 19 heavy (non-hydrogen) atoms. The summed E-state index contributed by atoms with van der Waals surface area (Å²) in [7, 11) is 1.77. The van der Waals surface area contributed by atoms with E-state index < -0.39 is 0 Å². The molecule has 2 heterocycles. The standard InChI is InChI=1S/C10H14N6O2S/c1-3-18-9(17)7-4-13-15(2)8(7)5-19-10-14-12-6-16(10)11/h4,6H,3,5,11H2,1-2H3. The van der Waals surface area contributed by atoms with Gasteiger partial charge in [-0.05, 0) is 6.92 Å². The van der Waals surface area contributed by atoms with Gasteiger partial charge in [0.05, 0.1) is 18.5 Å². The molecule has 102 valence electrons. The molecular formula is C10H14N6O2S. The normalized spacial score (nSPS) is 10.6. The van der Waals surface area contributed by atoms with E-state index in [4.69, 9.17) is 10.6 Å². The van der Waals surface area contributed by atoms with Gasteiger partial charge >= 0.3 is 5.97 Å². The minimum atomic E-state index is -0.375. The first-order valence-electron chi connectivity index (χ1n) is 5.59. The maximum Gasteiger partial charge on any atom is 0.341 e. The number of aryl methyl sites for hydroxylation is 1. The van der Waals surface area contributed by atoms with Crippen molar-refractivity contribution in [1.82, 2.24) is 24.7 Å². The molecule has 9 heteroatoms. The third kappa shape index (κ3) is 2.87. The van der Waals surface area contributed by atoms with Crippen molar-refractivity contribution in [2.75, 3.05) is 12.4 Å². The summed E-state index contributed by atoms with van der Waals surface area (Å²) in [6.45, 7) is 2.09. The SMILES string of the molecule is CCOC(=O)c1cnn(C)c1CSc1nncn1N. The smallest absolute Gasteiger partial charge is 0.341 e. The van der Waals surface area contributed by atoms with Crippen LogP contribution in [0.25, 0.3) is 0 Å². The number of hydrogen-bond acceptors (Lipinski definition) is 7. The molecule has 0 amide bonds. The molecule has 2 aromatic rings. The zero-order valence-electron chi connectivity index (χ0n) is 10.6. The van der Waals surface area contributed by atoms with Crippen molar-refractivity contribution in [2.45, 2.75) is 17.8 Å². The Morgan fingerprint density at radius 1 is 1.58 bits per heavy atom. The van der Waals surface area contributed by atoms with Crippen LogP contribution in [0.3, 0.4) is 0 Å². The zero-order chi connectivity index (χ0) is 13.8. The summed E-state index contributed by atoms with van der Waals surface area (Å²) in [6.07, 6.45) is 2.92. The Hall–Kier alpha value is -2.03. The predicted molar refractivity (Wildman–Crippen MR) is 68.9 cm³/mol. The summed E-state index contributed by atoms with van der Waals surface area (Å²) in [5.74, 6) is 5.75. The van der Waals surface area contributed by atoms with E-state index >= 15 is 0 Å². The molecule has 0 spiro atoms. The Labute approximate surface area is 113 Å². The van der Waals surface area contributed by atoms with E-state index in [1.165, 1.54) is 29.0 Å². The number of nitrogens with two attached hydrogens (primary N) is 1. The lowest BCUT2D eigenvalue weighted by Gasteiger charge is -2.05. The van der Waals surface area contributed by atoms with Gasteiger partial charge in [-0.25, -0.2) is 9.47 Å². The highest BCUT2D eigenvalue weighted by molar-refractivity contribution is 7.98. The Kier molecular flexibility index (Phi) is 4.05. The fourth-order valence-corrected chi connectivity index (χ4v) is 2.39. The van der Waals surface area contributed by atoms with Crippen molar-refractivity contribution in [3.05, 3.63) is 23.8 Å². The number of nitrogens with zero attached hydrogens (tertiary/aromatic N) is 5. The van der Waals surface area contributed by atoms with Crippen molar-refractivity contribution >= 4 is 17.7 Å². The van der Waals surface area contributed by atoms with Crippen LogP contribution in [-0.2, 0) is 17.5 Å². The van der Waals surface area contributed by atoms with E-state index in [0.717, 1.165) is 5.69 Å². The van der Waals surface area contributed by atoms with Gasteiger partial charge in [0.15, 0.2) is 0 Å². The summed E-state index contributed by atoms with van der Waals surface area (Å²) in [5, 5.41) is 12.2. The number of carbonyl (C=O) groups is 1. The van der Waals surface area contributed by atoms with E-state index in [-0.39, 0.29) is 5.97 Å². The minimum absolute atomic E-state index is 0.331. The summed E-state index contributed by atoms with van der Waals surface area (Å²) in [4.78, 5) is 11.8. The fourth-order valence-electron chi connectivity index (χ4n) is 1.48. The number of carbonyl (C=O) groups excluding carboxylic acids is 1. The van der Waals surface area contributed by atoms with Gasteiger partial charge in [-0.1, -0.05) is 11.8 Å². The first-order chi connectivity index (χ1) is 9.13. The van der Waals surface area contributed by atoms with Crippen LogP contribution in [0.5, 0.6) is 0 Å². The summed E-state index contributed by atoms with van der Waals surface area (Å²) in [5.41, 5.74) is 1.21. The van der Waals surface area contributed by atoms with Gasteiger partial charge in [0.2, 0.25) is 5.16 Å². The van der Waals surface area contributed by atoms with Crippen molar-refractivity contribution in [3.8, 4) is 0 Å². The lowest BCUT2D eigenvalue weighted by Crippen LogP contribution is -2.10. The van der Waals surface area contributed by atoms with Crippen LogP contribution in [0.2, 0.25) is 0 Å². The lowest BCUT2D eigenvalue weighted by molar-refractivity contribution is 0.0525. The largest absolute Gasteiger partial charge is 0.462 e. The molecule has 0 radical (unpaired) electrons. The maximum atomic E-state index is 11.8. The highest BCUT2D eigenvalue weighted by Gasteiger charge is 2.18. The third-order valence-corrected chi connectivity index (χ3v) is 3.40. The Morgan fingerprint density at radius 2 is 2.37 bits per heavy atom. The molecule has 8 nitrogen and oxygen atoms in total. The van der Waals surface area contributed by atoms with E-state index in [9.17, 15) is 4.79 Å². The van der Waals surface area contributed by atoms with Gasteiger partial charge in [0.25, 0.3) is 0 Å². The zero-order valence-corrected chi connectivity index (χ0v) is 11.4. The first-order valence-corrected chi connectivity index (χ1v) is 6.58. The van der Waals surface area contributed by atoms with Crippen molar-refractivity contribution in [2.24, 2.45) is 7.05 Å². The van der Waals surface area contributed by atoms with E-state index in [1.54, 1.807) is 18.7 Å². The number of aromatic nitrogens is 5. The second kappa shape index (κ2) is 5.74. The van der Waals surface area contributed by atoms with Gasteiger partial charge in [0.1, 0.15) is 11.9 Å². The number of ether oxygens (including phenoxy) is 1. The van der Waals surface area contributed by atoms with Crippen molar-refractivity contribution in [3.63, 3.8) is 0 Å². The Balaban J connectivity index is 2.13. The molecule has 2 rings (SSSR count). The average molecular weight is 282 g/mol. The molecule has 0 aliphatic carbocycles. The average Bonchev–Trinajstić information content (AvgIpc) is 2.94. The number of thioether (sulfide) groups is 1. The molecule has 0 saturated heterocycles. The van der Waals surface area contributed by atoms with E-state index in [0.29, 0.717) is 23.1 Å². The molecule has 0 saturated carbocycles. The third-order valence-electron chi connectivity index (χ3n) is 2.44. The van der Waals surface area contributed by atoms with Gasteiger partial charge in [-0.15, -0.1) is 10.2 Å². The topological polar surface area (TPSA) is 101 Å². The van der Waals surface area contributed by atoms with E-state index in [1.807, 2.05) is 0 Å². The predicted octanol–water partition coefficient (Wildman–Crippen LogP) is 0.194. The van der Waals surface area contributed by atoms with Crippen molar-refractivity contribution in [1.29, 1.82) is 0 Å². The van der Waals surface area contributed by atoms with Crippen LogP contribution in [0.1, 0.15) is 23.0 Å². The maximum absolute atomic E-state index is 11.8. The number of nitrogen functional groups attached to an aromatic ring is 1. The Morgan fingerprint density at radius 3 is 3.00 bits per heavy atom. The Bertz CT molecular complexity index is 578. The lowest BCUT2D eigenvalue weighted by atomic mass is 10.3. The molecule has 2 aromatic heterocycles. The van der Waals surface area contributed by atoms with Crippen LogP contribution >= 0.6 is 11.8 Å². The van der Waals surface area contributed by atoms with E-state index in [2.05, 4.69) is 15.3 Å². The quantitative estimate of drug-likeness (QED) is 0.474. The van der Waals surface area contributed by atoms with Gasteiger partial charge in [-0.2, -0.15) is 5.10 Å². The fraction of sp³-hybridized carbons (Fsp3) is 0.400. The summed E-state index contributed by atoms with van der Waals surface area (Å²) >= 11 is 1.37. The molecular weight excluding hydrogens is 268 g/mol. The van der Waals surface area contributed by atoms with Crippen LogP contribution < -0.4 is 5.84 Å². The van der Waals surface area contributed by atoms with Crippen LogP contribution in [-0.4, -0.2) is 37.2 Å². The van der Waals surface area contributed by atoms with Crippen LogP contribution in [0, 0.1) is 0 Å². The van der Waals surface area contributed by atoms with Crippen molar-refractivity contribution < 1.29 is 9.53 Å². The summed E-state index contributed by atoms with van der Waals surface area (Å²) in [6, 6.07) is 0. The second-order valence-electron chi connectivity index (χ2n) is 3.66. The van der Waals surface area contributed by atoms with Gasteiger partial charge < -0.3 is 10.6 Å².